The standard InChI is InChI=1S/C22H30/c1-17-8-7-13-21(14-17)22(15-19-10-4-5-11-19)16-20-12-6-3-9-18(20)2/h3,6-10,14,20-22H,4-5,11-13,15-16H2,1-2H3. The van der Waals surface area contributed by atoms with E-state index in [-0.39, 0.29) is 0 Å². The van der Waals surface area contributed by atoms with Crippen LogP contribution in [-0.4, -0.2) is 0 Å². The zero-order valence-corrected chi connectivity index (χ0v) is 14.2. The third-order valence-corrected chi connectivity index (χ3v) is 5.68. The van der Waals surface area contributed by atoms with Gasteiger partial charge in [0, 0.05) is 0 Å². The van der Waals surface area contributed by atoms with Gasteiger partial charge in [0.1, 0.15) is 0 Å². The average Bonchev–Trinajstić information content (AvgIpc) is 3.02. The van der Waals surface area contributed by atoms with Gasteiger partial charge in [-0.2, -0.15) is 0 Å². The summed E-state index contributed by atoms with van der Waals surface area (Å²) in [6, 6.07) is 0. The minimum atomic E-state index is 0.741. The van der Waals surface area contributed by atoms with Crippen LogP contribution in [0.3, 0.4) is 0 Å². The lowest BCUT2D eigenvalue weighted by molar-refractivity contribution is 0.317. The number of allylic oxidation sites excluding steroid dienone is 10. The van der Waals surface area contributed by atoms with E-state index in [0.717, 1.165) is 17.8 Å². The smallest absolute Gasteiger partial charge is 0.0161 e. The Bertz CT molecular complexity index is 538. The van der Waals surface area contributed by atoms with Gasteiger partial charge in [0.2, 0.25) is 0 Å². The molecular formula is C22H30. The van der Waals surface area contributed by atoms with Crippen molar-refractivity contribution in [1.82, 2.24) is 0 Å². The fraction of sp³-hybridized carbons (Fsp3) is 0.545. The summed E-state index contributed by atoms with van der Waals surface area (Å²) in [6.07, 6.45) is 25.8. The van der Waals surface area contributed by atoms with Crippen LogP contribution in [0.1, 0.15) is 58.8 Å². The summed E-state index contributed by atoms with van der Waals surface area (Å²) >= 11 is 0. The number of hydrogen-bond donors (Lipinski definition) is 0. The number of hydrogen-bond acceptors (Lipinski definition) is 0. The zero-order chi connectivity index (χ0) is 15.4. The summed E-state index contributed by atoms with van der Waals surface area (Å²) in [5.74, 6) is 2.31. The van der Waals surface area contributed by atoms with Gasteiger partial charge in [-0.15, -0.1) is 0 Å². The molecule has 0 N–H and O–H groups in total. The van der Waals surface area contributed by atoms with E-state index in [9.17, 15) is 0 Å². The van der Waals surface area contributed by atoms with Crippen molar-refractivity contribution in [2.45, 2.75) is 58.8 Å². The van der Waals surface area contributed by atoms with E-state index in [0.29, 0.717) is 0 Å². The molecule has 0 aromatic carbocycles. The molecule has 3 atom stereocenters. The van der Waals surface area contributed by atoms with Crippen LogP contribution in [0.2, 0.25) is 0 Å². The second kappa shape index (κ2) is 7.31. The molecule has 0 saturated heterocycles. The molecule has 0 saturated carbocycles. The lowest BCUT2D eigenvalue weighted by atomic mass is 9.74. The monoisotopic (exact) mass is 294 g/mol. The highest BCUT2D eigenvalue weighted by Crippen LogP contribution is 2.38. The van der Waals surface area contributed by atoms with Crippen LogP contribution in [0.25, 0.3) is 0 Å². The van der Waals surface area contributed by atoms with Crippen LogP contribution < -0.4 is 0 Å². The fourth-order valence-corrected chi connectivity index (χ4v) is 4.30. The Kier molecular flexibility index (Phi) is 5.18. The molecular weight excluding hydrogens is 264 g/mol. The Morgan fingerprint density at radius 2 is 2.09 bits per heavy atom. The summed E-state index contributed by atoms with van der Waals surface area (Å²) in [6.45, 7) is 4.57. The highest BCUT2D eigenvalue weighted by atomic mass is 14.3. The van der Waals surface area contributed by atoms with E-state index in [4.69, 9.17) is 0 Å². The molecule has 0 radical (unpaired) electrons. The van der Waals surface area contributed by atoms with Gasteiger partial charge in [0.05, 0.1) is 0 Å². The first-order valence-corrected chi connectivity index (χ1v) is 9.08. The molecule has 22 heavy (non-hydrogen) atoms. The zero-order valence-electron chi connectivity index (χ0n) is 14.2. The van der Waals surface area contributed by atoms with Crippen molar-refractivity contribution >= 4 is 0 Å². The molecule has 3 aliphatic carbocycles. The molecule has 0 aromatic heterocycles. The van der Waals surface area contributed by atoms with Gasteiger partial charge in [-0.25, -0.2) is 0 Å². The molecule has 0 aliphatic heterocycles. The maximum absolute atomic E-state index is 2.54. The van der Waals surface area contributed by atoms with Crippen LogP contribution >= 0.6 is 0 Å². The Morgan fingerprint density at radius 1 is 1.18 bits per heavy atom. The van der Waals surface area contributed by atoms with E-state index < -0.39 is 0 Å². The normalized spacial score (nSPS) is 29.1. The Morgan fingerprint density at radius 3 is 2.82 bits per heavy atom. The Balaban J connectivity index is 1.72. The van der Waals surface area contributed by atoms with Gasteiger partial charge < -0.3 is 0 Å². The minimum Gasteiger partial charge on any atom is -0.0853 e. The van der Waals surface area contributed by atoms with Gasteiger partial charge >= 0.3 is 0 Å². The first-order valence-electron chi connectivity index (χ1n) is 9.08. The molecule has 118 valence electrons. The summed E-state index contributed by atoms with van der Waals surface area (Å²) in [5, 5.41) is 0. The Hall–Kier alpha value is -1.30. The van der Waals surface area contributed by atoms with E-state index in [1.54, 1.807) is 11.1 Å². The highest BCUT2D eigenvalue weighted by molar-refractivity contribution is 5.24. The third kappa shape index (κ3) is 3.91. The highest BCUT2D eigenvalue weighted by Gasteiger charge is 2.26. The van der Waals surface area contributed by atoms with Crippen LogP contribution in [0, 0.1) is 17.8 Å². The van der Waals surface area contributed by atoms with E-state index in [1.165, 1.54) is 50.5 Å². The van der Waals surface area contributed by atoms with Gasteiger partial charge in [-0.3, -0.25) is 0 Å². The summed E-state index contributed by atoms with van der Waals surface area (Å²) in [4.78, 5) is 0. The van der Waals surface area contributed by atoms with Crippen molar-refractivity contribution in [3.63, 3.8) is 0 Å². The third-order valence-electron chi connectivity index (χ3n) is 5.68. The Labute approximate surface area is 136 Å². The second-order valence-corrected chi connectivity index (χ2v) is 7.44. The molecule has 0 aromatic rings. The molecule has 0 heteroatoms. The van der Waals surface area contributed by atoms with Crippen LogP contribution in [0.15, 0.2) is 59.3 Å². The molecule has 0 spiro atoms. The lowest BCUT2D eigenvalue weighted by Crippen LogP contribution is -2.20. The van der Waals surface area contributed by atoms with Crippen LogP contribution in [0.5, 0.6) is 0 Å². The van der Waals surface area contributed by atoms with Crippen molar-refractivity contribution in [3.8, 4) is 0 Å². The second-order valence-electron chi connectivity index (χ2n) is 7.44. The first kappa shape index (κ1) is 15.6. The lowest BCUT2D eigenvalue weighted by Gasteiger charge is -2.31. The van der Waals surface area contributed by atoms with Crippen molar-refractivity contribution in [2.75, 3.05) is 0 Å². The van der Waals surface area contributed by atoms with Crippen molar-refractivity contribution < 1.29 is 0 Å². The molecule has 0 fully saturated rings. The molecule has 3 rings (SSSR count). The van der Waals surface area contributed by atoms with E-state index in [1.807, 2.05) is 0 Å². The maximum atomic E-state index is 2.54. The van der Waals surface area contributed by atoms with Gasteiger partial charge in [0.25, 0.3) is 0 Å². The predicted octanol–water partition coefficient (Wildman–Crippen LogP) is 6.54. The van der Waals surface area contributed by atoms with Crippen molar-refractivity contribution in [2.24, 2.45) is 17.8 Å². The maximum Gasteiger partial charge on any atom is -0.0161 e. The summed E-state index contributed by atoms with van der Waals surface area (Å²) < 4.78 is 0. The average molecular weight is 294 g/mol. The summed E-state index contributed by atoms with van der Waals surface area (Å²) in [7, 11) is 0. The topological polar surface area (TPSA) is 0 Å². The van der Waals surface area contributed by atoms with Crippen LogP contribution in [-0.2, 0) is 0 Å². The molecule has 0 heterocycles. The van der Waals surface area contributed by atoms with Crippen molar-refractivity contribution in [3.05, 3.63) is 59.3 Å². The van der Waals surface area contributed by atoms with E-state index in [2.05, 4.69) is 56.4 Å². The largest absolute Gasteiger partial charge is 0.0853 e. The van der Waals surface area contributed by atoms with Gasteiger partial charge in [-0.05, 0) is 76.5 Å². The van der Waals surface area contributed by atoms with Crippen molar-refractivity contribution in [1.29, 1.82) is 0 Å². The van der Waals surface area contributed by atoms with Crippen LogP contribution in [0.4, 0.5) is 0 Å². The molecule has 0 nitrogen and oxygen atoms in total. The summed E-state index contributed by atoms with van der Waals surface area (Å²) in [5.41, 5.74) is 4.77. The predicted molar refractivity (Wildman–Crippen MR) is 96.7 cm³/mol. The SMILES string of the molecule is CC1=CC(C(CC2=CCCC2)CC2CC=CC=C2C)CC=C1. The van der Waals surface area contributed by atoms with Gasteiger partial charge in [-0.1, -0.05) is 59.3 Å². The molecule has 3 unspecified atom stereocenters. The number of rotatable bonds is 5. The first-order chi connectivity index (χ1) is 10.7. The van der Waals surface area contributed by atoms with Gasteiger partial charge in [0.15, 0.2) is 0 Å². The molecule has 3 aliphatic rings. The minimum absolute atomic E-state index is 0.741. The quantitative estimate of drug-likeness (QED) is 0.505. The molecule has 0 amide bonds. The fourth-order valence-electron chi connectivity index (χ4n) is 4.30. The van der Waals surface area contributed by atoms with E-state index >= 15 is 0 Å². The molecule has 0 bridgehead atoms.